The zero-order chi connectivity index (χ0) is 16.4. The number of ether oxygens (including phenoxy) is 1. The van der Waals surface area contributed by atoms with Gasteiger partial charge < -0.3 is 9.84 Å². The Bertz CT molecular complexity index is 840. The monoisotopic (exact) mass is 309 g/mol. The minimum atomic E-state index is -0.169. The molecule has 3 rings (SSSR count). The molecule has 0 saturated carbocycles. The molecule has 5 heteroatoms. The summed E-state index contributed by atoms with van der Waals surface area (Å²) in [5, 5.41) is 18.0. The lowest BCUT2D eigenvalue weighted by Gasteiger charge is -2.13. The molecule has 2 aromatic carbocycles. The van der Waals surface area contributed by atoms with Crippen molar-refractivity contribution in [3.8, 4) is 22.7 Å². The molecular weight excluding hydrogens is 290 g/mol. The Morgan fingerprint density at radius 1 is 1.09 bits per heavy atom. The summed E-state index contributed by atoms with van der Waals surface area (Å²) in [5.74, 6) is 0.707. The van der Waals surface area contributed by atoms with E-state index in [1.165, 1.54) is 0 Å². The van der Waals surface area contributed by atoms with Gasteiger partial charge in [0.05, 0.1) is 13.7 Å². The van der Waals surface area contributed by atoms with Gasteiger partial charge in [0.1, 0.15) is 22.8 Å². The number of aliphatic hydroxyl groups is 1. The van der Waals surface area contributed by atoms with Crippen LogP contribution in [0.15, 0.2) is 42.5 Å². The fourth-order valence-corrected chi connectivity index (χ4v) is 2.63. The minimum absolute atomic E-state index is 0.169. The standard InChI is InChI=1S/C18H19N3O2/c1-12-5-4-6-14(9-12)18-15(11-22)19-20-21(18)16-10-13(2)7-8-17(16)23-3/h4-10,22H,11H2,1-3H3. The first kappa shape index (κ1) is 15.2. The molecule has 0 unspecified atom stereocenters. The van der Waals surface area contributed by atoms with Crippen LogP contribution in [0.2, 0.25) is 0 Å². The predicted molar refractivity (Wildman–Crippen MR) is 88.7 cm³/mol. The van der Waals surface area contributed by atoms with Crippen molar-refractivity contribution >= 4 is 0 Å². The molecule has 3 aromatic rings. The van der Waals surface area contributed by atoms with Gasteiger partial charge in [0.25, 0.3) is 0 Å². The predicted octanol–water partition coefficient (Wildman–Crippen LogP) is 3.05. The van der Waals surface area contributed by atoms with Crippen LogP contribution in [0.5, 0.6) is 5.75 Å². The van der Waals surface area contributed by atoms with Crippen LogP contribution in [-0.2, 0) is 6.61 Å². The van der Waals surface area contributed by atoms with Crippen LogP contribution < -0.4 is 4.74 Å². The lowest BCUT2D eigenvalue weighted by Crippen LogP contribution is -2.03. The molecule has 0 aliphatic rings. The van der Waals surface area contributed by atoms with E-state index in [1.54, 1.807) is 11.8 Å². The second kappa shape index (κ2) is 6.22. The molecule has 1 heterocycles. The average molecular weight is 309 g/mol. The highest BCUT2D eigenvalue weighted by atomic mass is 16.5. The van der Waals surface area contributed by atoms with Crippen LogP contribution in [0.25, 0.3) is 16.9 Å². The molecule has 118 valence electrons. The highest BCUT2D eigenvalue weighted by Crippen LogP contribution is 2.30. The normalized spacial score (nSPS) is 10.8. The smallest absolute Gasteiger partial charge is 0.144 e. The first-order valence-electron chi connectivity index (χ1n) is 7.41. The zero-order valence-corrected chi connectivity index (χ0v) is 13.4. The van der Waals surface area contributed by atoms with Crippen LogP contribution in [0.3, 0.4) is 0 Å². The molecule has 23 heavy (non-hydrogen) atoms. The van der Waals surface area contributed by atoms with Crippen molar-refractivity contribution in [1.82, 2.24) is 15.0 Å². The molecule has 0 fully saturated rings. The van der Waals surface area contributed by atoms with Gasteiger partial charge >= 0.3 is 0 Å². The second-order valence-corrected chi connectivity index (χ2v) is 5.50. The van der Waals surface area contributed by atoms with Crippen LogP contribution in [0.4, 0.5) is 0 Å². The van der Waals surface area contributed by atoms with Gasteiger partial charge in [-0.2, -0.15) is 0 Å². The van der Waals surface area contributed by atoms with Gasteiger partial charge in [-0.3, -0.25) is 0 Å². The number of aromatic nitrogens is 3. The van der Waals surface area contributed by atoms with Crippen molar-refractivity contribution in [3.05, 3.63) is 59.3 Å². The summed E-state index contributed by atoms with van der Waals surface area (Å²) in [6, 6.07) is 13.9. The number of rotatable bonds is 4. The molecule has 0 amide bonds. The van der Waals surface area contributed by atoms with Gasteiger partial charge in [-0.05, 0) is 37.6 Å². The number of nitrogens with zero attached hydrogens (tertiary/aromatic N) is 3. The Morgan fingerprint density at radius 2 is 1.87 bits per heavy atom. The summed E-state index contributed by atoms with van der Waals surface area (Å²) < 4.78 is 7.19. The molecule has 0 aliphatic carbocycles. The summed E-state index contributed by atoms with van der Waals surface area (Å²) in [5.41, 5.74) is 5.31. The quantitative estimate of drug-likeness (QED) is 0.804. The molecule has 1 N–H and O–H groups in total. The van der Waals surface area contributed by atoms with Crippen molar-refractivity contribution in [3.63, 3.8) is 0 Å². The lowest BCUT2D eigenvalue weighted by atomic mass is 10.1. The fourth-order valence-electron chi connectivity index (χ4n) is 2.63. The van der Waals surface area contributed by atoms with Gasteiger partial charge in [-0.25, -0.2) is 4.68 Å². The van der Waals surface area contributed by atoms with E-state index in [9.17, 15) is 5.11 Å². The maximum atomic E-state index is 9.64. The Hall–Kier alpha value is -2.66. The highest BCUT2D eigenvalue weighted by Gasteiger charge is 2.18. The minimum Gasteiger partial charge on any atom is -0.494 e. The number of benzene rings is 2. The maximum absolute atomic E-state index is 9.64. The molecule has 0 saturated heterocycles. The van der Waals surface area contributed by atoms with Gasteiger partial charge in [0, 0.05) is 5.56 Å². The molecule has 0 atom stereocenters. The Morgan fingerprint density at radius 3 is 2.57 bits per heavy atom. The van der Waals surface area contributed by atoms with Crippen LogP contribution >= 0.6 is 0 Å². The van der Waals surface area contributed by atoms with E-state index in [2.05, 4.69) is 16.4 Å². The number of methoxy groups -OCH3 is 1. The third-order valence-corrected chi connectivity index (χ3v) is 3.74. The maximum Gasteiger partial charge on any atom is 0.144 e. The number of aliphatic hydroxyl groups excluding tert-OH is 1. The Labute approximate surface area is 135 Å². The summed E-state index contributed by atoms with van der Waals surface area (Å²) in [7, 11) is 1.63. The van der Waals surface area contributed by atoms with Gasteiger partial charge in [0.15, 0.2) is 0 Å². The number of hydrogen-bond acceptors (Lipinski definition) is 4. The first-order chi connectivity index (χ1) is 11.1. The van der Waals surface area contributed by atoms with E-state index in [0.717, 1.165) is 28.1 Å². The van der Waals surface area contributed by atoms with Gasteiger partial charge in [0.2, 0.25) is 0 Å². The molecule has 0 aliphatic heterocycles. The summed E-state index contributed by atoms with van der Waals surface area (Å²) in [6.07, 6.45) is 0. The summed E-state index contributed by atoms with van der Waals surface area (Å²) in [6.45, 7) is 3.88. The fraction of sp³-hybridized carbons (Fsp3) is 0.222. The van der Waals surface area contributed by atoms with Crippen molar-refractivity contribution in [1.29, 1.82) is 0 Å². The van der Waals surface area contributed by atoms with E-state index in [1.807, 2.05) is 50.2 Å². The summed E-state index contributed by atoms with van der Waals surface area (Å²) >= 11 is 0. The second-order valence-electron chi connectivity index (χ2n) is 5.50. The van der Waals surface area contributed by atoms with Crippen molar-refractivity contribution < 1.29 is 9.84 Å². The highest BCUT2D eigenvalue weighted by molar-refractivity contribution is 5.66. The van der Waals surface area contributed by atoms with Crippen LogP contribution in [0.1, 0.15) is 16.8 Å². The SMILES string of the molecule is COc1ccc(C)cc1-n1nnc(CO)c1-c1cccc(C)c1. The van der Waals surface area contributed by atoms with Gasteiger partial charge in [-0.1, -0.05) is 35.0 Å². The largest absolute Gasteiger partial charge is 0.494 e. The Kier molecular flexibility index (Phi) is 4.12. The number of aryl methyl sites for hydroxylation is 2. The first-order valence-corrected chi connectivity index (χ1v) is 7.41. The number of hydrogen-bond donors (Lipinski definition) is 1. The van der Waals surface area contributed by atoms with E-state index >= 15 is 0 Å². The van der Waals surface area contributed by atoms with E-state index in [0.29, 0.717) is 11.4 Å². The lowest BCUT2D eigenvalue weighted by molar-refractivity contribution is 0.277. The molecule has 0 bridgehead atoms. The zero-order valence-electron chi connectivity index (χ0n) is 13.4. The third kappa shape index (κ3) is 2.83. The van der Waals surface area contributed by atoms with Crippen molar-refractivity contribution in [2.24, 2.45) is 0 Å². The Balaban J connectivity index is 2.26. The topological polar surface area (TPSA) is 60.2 Å². The molecule has 0 spiro atoms. The van der Waals surface area contributed by atoms with Crippen LogP contribution in [0, 0.1) is 13.8 Å². The van der Waals surface area contributed by atoms with Crippen LogP contribution in [-0.4, -0.2) is 27.2 Å². The van der Waals surface area contributed by atoms with Crippen molar-refractivity contribution in [2.45, 2.75) is 20.5 Å². The van der Waals surface area contributed by atoms with E-state index in [4.69, 9.17) is 4.74 Å². The van der Waals surface area contributed by atoms with E-state index in [-0.39, 0.29) is 6.61 Å². The molecule has 1 aromatic heterocycles. The van der Waals surface area contributed by atoms with Crippen molar-refractivity contribution in [2.75, 3.05) is 7.11 Å². The summed E-state index contributed by atoms with van der Waals surface area (Å²) in [4.78, 5) is 0. The molecule has 0 radical (unpaired) electrons. The molecule has 5 nitrogen and oxygen atoms in total. The molecular formula is C18H19N3O2. The third-order valence-electron chi connectivity index (χ3n) is 3.74. The average Bonchev–Trinajstić information content (AvgIpc) is 2.98. The van der Waals surface area contributed by atoms with Gasteiger partial charge in [-0.15, -0.1) is 5.10 Å². The van der Waals surface area contributed by atoms with E-state index < -0.39 is 0 Å².